The number of anilines is 1. The molecule has 0 aliphatic rings. The Kier molecular flexibility index (Phi) is 3.92. The molecule has 0 fully saturated rings. The van der Waals surface area contributed by atoms with Gasteiger partial charge in [-0.25, -0.2) is 0 Å². The van der Waals surface area contributed by atoms with E-state index in [1.165, 1.54) is 0 Å². The predicted molar refractivity (Wildman–Crippen MR) is 83.2 cm³/mol. The van der Waals surface area contributed by atoms with Crippen molar-refractivity contribution >= 4 is 38.3 Å². The average molecular weight is 321 g/mol. The Morgan fingerprint density at radius 1 is 1.21 bits per heavy atom. The lowest BCUT2D eigenvalue weighted by Gasteiger charge is -2.18. The van der Waals surface area contributed by atoms with Gasteiger partial charge in [-0.05, 0) is 31.4 Å². The topological polar surface area (TPSA) is 55.1 Å². The zero-order valence-corrected chi connectivity index (χ0v) is 12.6. The average Bonchev–Trinajstić information content (AvgIpc) is 2.31. The number of halogens is 1. The van der Waals surface area contributed by atoms with Gasteiger partial charge in [0.2, 0.25) is 5.91 Å². The number of carbonyl (C=O) groups is 1. The number of rotatable bonds is 3. The first-order valence-corrected chi connectivity index (χ1v) is 6.92. The van der Waals surface area contributed by atoms with E-state index in [1.54, 1.807) is 0 Å². The minimum absolute atomic E-state index is 0.0695. The highest BCUT2D eigenvalue weighted by Crippen LogP contribution is 2.30. The summed E-state index contributed by atoms with van der Waals surface area (Å²) < 4.78 is 1.01. The number of fused-ring (bicyclic) bond motifs is 1. The molecule has 19 heavy (non-hydrogen) atoms. The fraction of sp³-hybridized carbons (Fsp3) is 0.267. The fourth-order valence-corrected chi connectivity index (χ4v) is 2.46. The Morgan fingerprint density at radius 3 is 2.47 bits per heavy atom. The van der Waals surface area contributed by atoms with Crippen LogP contribution in [0, 0.1) is 0 Å². The first kappa shape index (κ1) is 14.0. The van der Waals surface area contributed by atoms with E-state index in [1.807, 2.05) is 50.2 Å². The van der Waals surface area contributed by atoms with Gasteiger partial charge in [0.05, 0.1) is 0 Å². The smallest absolute Gasteiger partial charge is 0.226 e. The van der Waals surface area contributed by atoms with Crippen LogP contribution in [-0.2, 0) is 4.79 Å². The molecular formula is C15H17BrN2O. The van der Waals surface area contributed by atoms with Crippen molar-refractivity contribution in [2.45, 2.75) is 25.8 Å². The summed E-state index contributed by atoms with van der Waals surface area (Å²) in [6, 6.07) is 11.8. The number of carbonyl (C=O) groups excluding carboxylic acids is 1. The van der Waals surface area contributed by atoms with Gasteiger partial charge >= 0.3 is 0 Å². The van der Waals surface area contributed by atoms with Crippen LogP contribution in [0.3, 0.4) is 0 Å². The third-order valence-corrected chi connectivity index (χ3v) is 3.45. The molecule has 4 heteroatoms. The standard InChI is InChI=1S/C15H17BrN2O/c1-15(2,17)9-14(19)18-13-8-7-12(16)10-5-3-4-6-11(10)13/h3-8H,9,17H2,1-2H3,(H,18,19). The number of benzene rings is 2. The molecule has 0 radical (unpaired) electrons. The van der Waals surface area contributed by atoms with Crippen LogP contribution in [0.4, 0.5) is 5.69 Å². The molecule has 0 bridgehead atoms. The molecule has 3 N–H and O–H groups in total. The van der Waals surface area contributed by atoms with Crippen LogP contribution in [0.15, 0.2) is 40.9 Å². The molecule has 0 unspecified atom stereocenters. The Labute approximate surface area is 121 Å². The summed E-state index contributed by atoms with van der Waals surface area (Å²) in [6.07, 6.45) is 0.289. The molecular weight excluding hydrogens is 304 g/mol. The van der Waals surface area contributed by atoms with E-state index in [0.29, 0.717) is 0 Å². The van der Waals surface area contributed by atoms with Crippen molar-refractivity contribution in [2.75, 3.05) is 5.32 Å². The molecule has 1 amide bonds. The fourth-order valence-electron chi connectivity index (χ4n) is 1.98. The van der Waals surface area contributed by atoms with Crippen LogP contribution in [0.25, 0.3) is 10.8 Å². The minimum atomic E-state index is -0.505. The maximum absolute atomic E-state index is 12.0. The molecule has 0 spiro atoms. The number of hydrogen-bond acceptors (Lipinski definition) is 2. The van der Waals surface area contributed by atoms with Gasteiger partial charge in [-0.3, -0.25) is 4.79 Å². The largest absolute Gasteiger partial charge is 0.325 e. The normalized spacial score (nSPS) is 11.6. The molecule has 0 aliphatic carbocycles. The Bertz CT molecular complexity index is 617. The molecule has 0 atom stereocenters. The maximum Gasteiger partial charge on any atom is 0.226 e. The predicted octanol–water partition coefficient (Wildman–Crippen LogP) is 3.67. The molecule has 100 valence electrons. The molecule has 0 aromatic heterocycles. The van der Waals surface area contributed by atoms with Crippen molar-refractivity contribution in [1.29, 1.82) is 0 Å². The quantitative estimate of drug-likeness (QED) is 0.906. The second-order valence-electron chi connectivity index (χ2n) is 5.35. The third-order valence-electron chi connectivity index (χ3n) is 2.76. The van der Waals surface area contributed by atoms with Crippen LogP contribution in [0.1, 0.15) is 20.3 Å². The van der Waals surface area contributed by atoms with Crippen molar-refractivity contribution < 1.29 is 4.79 Å². The highest BCUT2D eigenvalue weighted by atomic mass is 79.9. The molecule has 3 nitrogen and oxygen atoms in total. The van der Waals surface area contributed by atoms with Crippen molar-refractivity contribution in [1.82, 2.24) is 0 Å². The number of hydrogen-bond donors (Lipinski definition) is 2. The lowest BCUT2D eigenvalue weighted by Crippen LogP contribution is -2.36. The minimum Gasteiger partial charge on any atom is -0.325 e. The Morgan fingerprint density at radius 2 is 1.84 bits per heavy atom. The molecule has 0 heterocycles. The van der Waals surface area contributed by atoms with Gasteiger partial charge in [-0.1, -0.05) is 40.2 Å². The van der Waals surface area contributed by atoms with E-state index in [2.05, 4.69) is 21.2 Å². The van der Waals surface area contributed by atoms with Crippen LogP contribution >= 0.6 is 15.9 Å². The van der Waals surface area contributed by atoms with Crippen LogP contribution in [-0.4, -0.2) is 11.4 Å². The molecule has 0 saturated carbocycles. The van der Waals surface area contributed by atoms with Gasteiger partial charge in [0, 0.05) is 27.5 Å². The number of nitrogens with two attached hydrogens (primary N) is 1. The zero-order valence-electron chi connectivity index (χ0n) is 11.0. The van der Waals surface area contributed by atoms with Gasteiger partial charge in [0.1, 0.15) is 0 Å². The molecule has 2 aromatic carbocycles. The third kappa shape index (κ3) is 3.55. The summed E-state index contributed by atoms with van der Waals surface area (Å²) in [5.41, 5.74) is 6.17. The summed E-state index contributed by atoms with van der Waals surface area (Å²) >= 11 is 3.51. The van der Waals surface area contributed by atoms with E-state index < -0.39 is 5.54 Å². The summed E-state index contributed by atoms with van der Waals surface area (Å²) in [4.78, 5) is 12.0. The van der Waals surface area contributed by atoms with Gasteiger partial charge in [0.15, 0.2) is 0 Å². The summed E-state index contributed by atoms with van der Waals surface area (Å²) in [6.45, 7) is 3.68. The Balaban J connectivity index is 2.31. The molecule has 2 aromatic rings. The lowest BCUT2D eigenvalue weighted by atomic mass is 10.0. The first-order valence-electron chi connectivity index (χ1n) is 6.13. The van der Waals surface area contributed by atoms with Gasteiger partial charge in [0.25, 0.3) is 0 Å². The van der Waals surface area contributed by atoms with Crippen molar-refractivity contribution in [3.05, 3.63) is 40.9 Å². The van der Waals surface area contributed by atoms with Gasteiger partial charge in [-0.2, -0.15) is 0 Å². The highest BCUT2D eigenvalue weighted by Gasteiger charge is 2.17. The second kappa shape index (κ2) is 5.31. The molecule has 2 rings (SSSR count). The maximum atomic E-state index is 12.0. The number of amides is 1. The van der Waals surface area contributed by atoms with Crippen LogP contribution in [0.2, 0.25) is 0 Å². The van der Waals surface area contributed by atoms with E-state index in [9.17, 15) is 4.79 Å². The van der Waals surface area contributed by atoms with E-state index in [4.69, 9.17) is 5.73 Å². The van der Waals surface area contributed by atoms with E-state index in [0.717, 1.165) is 20.9 Å². The summed E-state index contributed by atoms with van der Waals surface area (Å²) in [5.74, 6) is -0.0695. The SMILES string of the molecule is CC(C)(N)CC(=O)Nc1ccc(Br)c2ccccc12. The molecule has 0 saturated heterocycles. The Hall–Kier alpha value is -1.39. The van der Waals surface area contributed by atoms with E-state index in [-0.39, 0.29) is 12.3 Å². The van der Waals surface area contributed by atoms with Crippen LogP contribution < -0.4 is 11.1 Å². The highest BCUT2D eigenvalue weighted by molar-refractivity contribution is 9.10. The second-order valence-corrected chi connectivity index (χ2v) is 6.21. The van der Waals surface area contributed by atoms with E-state index >= 15 is 0 Å². The van der Waals surface area contributed by atoms with Crippen LogP contribution in [0.5, 0.6) is 0 Å². The van der Waals surface area contributed by atoms with Gasteiger partial charge < -0.3 is 11.1 Å². The summed E-state index contributed by atoms with van der Waals surface area (Å²) in [7, 11) is 0. The lowest BCUT2D eigenvalue weighted by molar-refractivity contribution is -0.117. The monoisotopic (exact) mass is 320 g/mol. The first-order chi connectivity index (χ1) is 8.87. The van der Waals surface area contributed by atoms with Crippen molar-refractivity contribution in [2.24, 2.45) is 5.73 Å². The van der Waals surface area contributed by atoms with Crippen molar-refractivity contribution in [3.63, 3.8) is 0 Å². The van der Waals surface area contributed by atoms with Crippen molar-refractivity contribution in [3.8, 4) is 0 Å². The number of nitrogens with one attached hydrogen (secondary N) is 1. The summed E-state index contributed by atoms with van der Waals surface area (Å²) in [5, 5.41) is 5.02. The van der Waals surface area contributed by atoms with Gasteiger partial charge in [-0.15, -0.1) is 0 Å². The molecule has 0 aliphatic heterocycles. The zero-order chi connectivity index (χ0) is 14.0.